The second-order valence-electron chi connectivity index (χ2n) is 6.62. The number of H-pyrrole nitrogens is 1. The molecule has 0 aliphatic carbocycles. The fourth-order valence-corrected chi connectivity index (χ4v) is 3.46. The highest BCUT2D eigenvalue weighted by molar-refractivity contribution is 6.33. The Morgan fingerprint density at radius 3 is 2.86 bits per heavy atom. The third-order valence-electron chi connectivity index (χ3n) is 4.60. The zero-order valence-corrected chi connectivity index (χ0v) is 16.4. The predicted molar refractivity (Wildman–Crippen MR) is 108 cm³/mol. The first-order chi connectivity index (χ1) is 14.0. The fraction of sp³-hybridized carbons (Fsp3) is 0.190. The van der Waals surface area contributed by atoms with Gasteiger partial charge in [-0.15, -0.1) is 0 Å². The molecule has 0 atom stereocenters. The van der Waals surface area contributed by atoms with Crippen molar-refractivity contribution in [1.82, 2.24) is 20.4 Å². The molecule has 6 nitrogen and oxygen atoms in total. The van der Waals surface area contributed by atoms with Gasteiger partial charge in [-0.1, -0.05) is 35.0 Å². The highest BCUT2D eigenvalue weighted by atomic mass is 35.5. The molecule has 2 aromatic carbocycles. The lowest BCUT2D eigenvalue weighted by molar-refractivity contribution is 0.0952. The van der Waals surface area contributed by atoms with E-state index in [4.69, 9.17) is 16.1 Å². The van der Waals surface area contributed by atoms with Crippen molar-refractivity contribution in [2.75, 3.05) is 6.54 Å². The van der Waals surface area contributed by atoms with Gasteiger partial charge in [0.1, 0.15) is 28.7 Å². The third-order valence-corrected chi connectivity index (χ3v) is 4.92. The number of para-hydroxylation sites is 2. The van der Waals surface area contributed by atoms with E-state index in [2.05, 4.69) is 20.4 Å². The summed E-state index contributed by atoms with van der Waals surface area (Å²) in [6, 6.07) is 12.1. The summed E-state index contributed by atoms with van der Waals surface area (Å²) in [6.07, 6.45) is 1.37. The lowest BCUT2D eigenvalue weighted by Crippen LogP contribution is -2.25. The van der Waals surface area contributed by atoms with E-state index in [0.29, 0.717) is 25.1 Å². The monoisotopic (exact) mass is 412 g/mol. The number of amides is 1. The van der Waals surface area contributed by atoms with Crippen molar-refractivity contribution in [1.29, 1.82) is 0 Å². The number of imidazole rings is 1. The number of hydrogen-bond donors (Lipinski definition) is 2. The first kappa shape index (κ1) is 19.1. The van der Waals surface area contributed by atoms with Crippen molar-refractivity contribution in [2.45, 2.75) is 19.8 Å². The Morgan fingerprint density at radius 1 is 1.24 bits per heavy atom. The topological polar surface area (TPSA) is 83.8 Å². The Bertz CT molecular complexity index is 1130. The first-order valence-electron chi connectivity index (χ1n) is 9.17. The van der Waals surface area contributed by atoms with Crippen molar-refractivity contribution in [3.63, 3.8) is 0 Å². The van der Waals surface area contributed by atoms with Crippen molar-refractivity contribution >= 4 is 28.5 Å². The number of nitrogens with zero attached hydrogens (tertiary/aromatic N) is 2. The third kappa shape index (κ3) is 3.86. The maximum atomic E-state index is 14.3. The van der Waals surface area contributed by atoms with Crippen LogP contribution in [0.5, 0.6) is 0 Å². The summed E-state index contributed by atoms with van der Waals surface area (Å²) in [5.74, 6) is 0.210. The smallest absolute Gasteiger partial charge is 0.257 e. The number of aromatic amines is 1. The first-order valence-corrected chi connectivity index (χ1v) is 9.55. The molecule has 0 aliphatic heterocycles. The number of carbonyl (C=O) groups excluding carboxylic acids is 1. The van der Waals surface area contributed by atoms with Gasteiger partial charge < -0.3 is 14.8 Å². The van der Waals surface area contributed by atoms with Gasteiger partial charge in [-0.25, -0.2) is 9.37 Å². The van der Waals surface area contributed by atoms with E-state index < -0.39 is 5.82 Å². The Labute approximate surface area is 171 Å². The maximum absolute atomic E-state index is 14.3. The molecule has 4 rings (SSSR count). The molecule has 0 fully saturated rings. The molecule has 2 aromatic heterocycles. The van der Waals surface area contributed by atoms with E-state index in [1.165, 1.54) is 12.1 Å². The lowest BCUT2D eigenvalue weighted by Gasteiger charge is -2.07. The molecule has 148 valence electrons. The molecule has 2 N–H and O–H groups in total. The summed E-state index contributed by atoms with van der Waals surface area (Å²) in [6.45, 7) is 2.03. The molecule has 2 heterocycles. The van der Waals surface area contributed by atoms with E-state index in [1.807, 2.05) is 24.3 Å². The number of benzene rings is 2. The van der Waals surface area contributed by atoms with Crippen LogP contribution in [0.15, 0.2) is 47.0 Å². The van der Waals surface area contributed by atoms with Gasteiger partial charge in [0.25, 0.3) is 5.91 Å². The largest absolute Gasteiger partial charge is 0.360 e. The normalized spacial score (nSPS) is 11.1. The molecular weight excluding hydrogens is 395 g/mol. The summed E-state index contributed by atoms with van der Waals surface area (Å²) in [5, 5.41) is 6.85. The average molecular weight is 413 g/mol. The number of hydrogen-bond acceptors (Lipinski definition) is 4. The number of rotatable bonds is 6. The number of carbonyl (C=O) groups is 1. The second-order valence-corrected chi connectivity index (χ2v) is 7.03. The number of aryl methyl sites for hydroxylation is 2. The van der Waals surface area contributed by atoms with E-state index in [0.717, 1.165) is 16.9 Å². The van der Waals surface area contributed by atoms with Gasteiger partial charge in [0.05, 0.1) is 21.6 Å². The van der Waals surface area contributed by atoms with Gasteiger partial charge in [-0.05, 0) is 37.6 Å². The molecule has 4 aromatic rings. The van der Waals surface area contributed by atoms with Crippen LogP contribution in [0.1, 0.15) is 28.4 Å². The zero-order chi connectivity index (χ0) is 20.4. The molecule has 0 saturated carbocycles. The number of fused-ring (bicyclic) bond motifs is 1. The minimum absolute atomic E-state index is 0.0541. The second kappa shape index (κ2) is 8.05. The summed E-state index contributed by atoms with van der Waals surface area (Å²) >= 11 is 6.11. The fourth-order valence-electron chi connectivity index (χ4n) is 3.20. The van der Waals surface area contributed by atoms with E-state index >= 15 is 0 Å². The quantitative estimate of drug-likeness (QED) is 0.450. The van der Waals surface area contributed by atoms with Crippen LogP contribution in [-0.4, -0.2) is 27.6 Å². The van der Waals surface area contributed by atoms with Crippen LogP contribution in [-0.2, 0) is 6.42 Å². The van der Waals surface area contributed by atoms with Gasteiger partial charge in [0.15, 0.2) is 0 Å². The van der Waals surface area contributed by atoms with Gasteiger partial charge in [0, 0.05) is 13.0 Å². The zero-order valence-electron chi connectivity index (χ0n) is 15.6. The Kier molecular flexibility index (Phi) is 5.31. The molecule has 0 spiro atoms. The molecule has 29 heavy (non-hydrogen) atoms. The van der Waals surface area contributed by atoms with Crippen LogP contribution in [0.4, 0.5) is 4.39 Å². The van der Waals surface area contributed by atoms with Crippen molar-refractivity contribution < 1.29 is 13.7 Å². The van der Waals surface area contributed by atoms with E-state index in [-0.39, 0.29) is 27.8 Å². The van der Waals surface area contributed by atoms with Crippen LogP contribution in [0.2, 0.25) is 5.02 Å². The molecule has 0 radical (unpaired) electrons. The van der Waals surface area contributed by atoms with Gasteiger partial charge in [-0.2, -0.15) is 0 Å². The van der Waals surface area contributed by atoms with Crippen molar-refractivity contribution in [3.8, 4) is 11.3 Å². The number of aromatic nitrogens is 3. The Balaban J connectivity index is 1.43. The van der Waals surface area contributed by atoms with Crippen LogP contribution >= 0.6 is 11.6 Å². The molecule has 0 aliphatic rings. The molecular formula is C21H18ClFN4O2. The van der Waals surface area contributed by atoms with Crippen molar-refractivity contribution in [3.05, 3.63) is 70.5 Å². The van der Waals surface area contributed by atoms with Crippen LogP contribution < -0.4 is 5.32 Å². The summed E-state index contributed by atoms with van der Waals surface area (Å²) in [4.78, 5) is 20.5. The van der Waals surface area contributed by atoms with E-state index in [1.54, 1.807) is 13.0 Å². The SMILES string of the molecule is Cc1onc(-c2c(F)cccc2Cl)c1C(=O)NCCCc1nc2ccccc2[nH]1. The molecule has 0 bridgehead atoms. The summed E-state index contributed by atoms with van der Waals surface area (Å²) in [7, 11) is 0. The number of halogens is 2. The molecule has 8 heteroatoms. The van der Waals surface area contributed by atoms with Gasteiger partial charge in [-0.3, -0.25) is 4.79 Å². The molecule has 0 unspecified atom stereocenters. The highest BCUT2D eigenvalue weighted by Gasteiger charge is 2.25. The Hall–Kier alpha value is -3.19. The van der Waals surface area contributed by atoms with E-state index in [9.17, 15) is 9.18 Å². The Morgan fingerprint density at radius 2 is 2.07 bits per heavy atom. The lowest BCUT2D eigenvalue weighted by atomic mass is 10.0. The van der Waals surface area contributed by atoms with Crippen molar-refractivity contribution in [2.24, 2.45) is 0 Å². The summed E-state index contributed by atoms with van der Waals surface area (Å²) in [5.41, 5.74) is 2.23. The van der Waals surface area contributed by atoms with Crippen LogP contribution in [0.3, 0.4) is 0 Å². The van der Waals surface area contributed by atoms with Crippen LogP contribution in [0, 0.1) is 12.7 Å². The van der Waals surface area contributed by atoms with Gasteiger partial charge >= 0.3 is 0 Å². The minimum atomic E-state index is -0.565. The highest BCUT2D eigenvalue weighted by Crippen LogP contribution is 2.33. The average Bonchev–Trinajstić information content (AvgIpc) is 3.28. The minimum Gasteiger partial charge on any atom is -0.360 e. The van der Waals surface area contributed by atoms with Crippen LogP contribution in [0.25, 0.3) is 22.3 Å². The summed E-state index contributed by atoms with van der Waals surface area (Å²) < 4.78 is 19.4. The molecule has 0 saturated heterocycles. The maximum Gasteiger partial charge on any atom is 0.257 e. The number of nitrogens with one attached hydrogen (secondary N) is 2. The predicted octanol–water partition coefficient (Wildman–Crippen LogP) is 4.68. The standard InChI is InChI=1S/C21H18ClFN4O2/c1-12-18(20(27-29-12)19-13(22)6-4-7-14(19)23)21(28)24-11-5-10-17-25-15-8-2-3-9-16(15)26-17/h2-4,6-9H,5,10-11H2,1H3,(H,24,28)(H,25,26). The van der Waals surface area contributed by atoms with Gasteiger partial charge in [0.2, 0.25) is 0 Å². The molecule has 1 amide bonds.